The van der Waals surface area contributed by atoms with Crippen LogP contribution in [0.4, 0.5) is 0 Å². The van der Waals surface area contributed by atoms with Crippen molar-refractivity contribution in [2.24, 2.45) is 29.4 Å². The van der Waals surface area contributed by atoms with Crippen LogP contribution in [0.2, 0.25) is 0 Å². The minimum absolute atomic E-state index is 0.584. The van der Waals surface area contributed by atoms with Gasteiger partial charge < -0.3 is 5.73 Å². The fraction of sp³-hybridized carbons (Fsp3) is 0.833. The fourth-order valence-electron chi connectivity index (χ4n) is 2.13. The van der Waals surface area contributed by atoms with Crippen LogP contribution in [0.5, 0.6) is 0 Å². The van der Waals surface area contributed by atoms with Crippen molar-refractivity contribution >= 4 is 0 Å². The molecule has 4 unspecified atom stereocenters. The molecule has 0 amide bonds. The van der Waals surface area contributed by atoms with Gasteiger partial charge in [-0.15, -0.1) is 0 Å². The van der Waals surface area contributed by atoms with Crippen LogP contribution in [0.3, 0.4) is 0 Å². The van der Waals surface area contributed by atoms with Crippen LogP contribution in [0.1, 0.15) is 40.5 Å². The van der Waals surface area contributed by atoms with Gasteiger partial charge in [0.1, 0.15) is 0 Å². The van der Waals surface area contributed by atoms with E-state index in [-0.39, 0.29) is 0 Å². The van der Waals surface area contributed by atoms with Crippen LogP contribution in [0.15, 0.2) is 11.8 Å². The molecule has 0 aromatic carbocycles. The third-order valence-corrected chi connectivity index (χ3v) is 3.80. The third kappa shape index (κ3) is 2.26. The zero-order valence-corrected chi connectivity index (χ0v) is 9.38. The number of hydrogen-bond acceptors (Lipinski definition) is 1. The molecule has 1 aliphatic carbocycles. The average Bonchev–Trinajstić information content (AvgIpc) is 2.12. The van der Waals surface area contributed by atoms with E-state index in [1.165, 1.54) is 12.8 Å². The highest BCUT2D eigenvalue weighted by atomic mass is 14.6. The zero-order valence-electron chi connectivity index (χ0n) is 9.38. The van der Waals surface area contributed by atoms with Crippen LogP contribution < -0.4 is 5.73 Å². The number of hydrogen-bond donors (Lipinski definition) is 1. The first-order valence-corrected chi connectivity index (χ1v) is 5.53. The van der Waals surface area contributed by atoms with Crippen molar-refractivity contribution < 1.29 is 0 Å². The molecule has 0 bridgehead atoms. The molecule has 1 nitrogen and oxygen atoms in total. The van der Waals surface area contributed by atoms with E-state index in [9.17, 15) is 0 Å². The standard InChI is InChI=1S/C12H23N/c1-5-8(2)11-6-9(3)10(4)12(13)7-11/h7-11H,5-6,13H2,1-4H3. The van der Waals surface area contributed by atoms with Crippen LogP contribution >= 0.6 is 0 Å². The summed E-state index contributed by atoms with van der Waals surface area (Å²) in [5.74, 6) is 2.84. The Kier molecular flexibility index (Phi) is 3.40. The average molecular weight is 181 g/mol. The maximum absolute atomic E-state index is 6.01. The molecule has 0 saturated heterocycles. The second kappa shape index (κ2) is 4.17. The molecule has 0 aromatic heterocycles. The molecule has 1 rings (SSSR count). The lowest BCUT2D eigenvalue weighted by atomic mass is 9.74. The lowest BCUT2D eigenvalue weighted by Gasteiger charge is -2.33. The Morgan fingerprint density at radius 3 is 2.62 bits per heavy atom. The number of rotatable bonds is 2. The summed E-state index contributed by atoms with van der Waals surface area (Å²) in [5, 5.41) is 0. The highest BCUT2D eigenvalue weighted by Gasteiger charge is 2.26. The predicted octanol–water partition coefficient (Wildman–Crippen LogP) is 3.17. The monoisotopic (exact) mass is 181 g/mol. The van der Waals surface area contributed by atoms with E-state index in [0.717, 1.165) is 23.5 Å². The van der Waals surface area contributed by atoms with Crippen molar-refractivity contribution in [3.05, 3.63) is 11.8 Å². The minimum Gasteiger partial charge on any atom is -0.402 e. The molecule has 0 aromatic rings. The lowest BCUT2D eigenvalue weighted by Crippen LogP contribution is -2.27. The molecule has 0 saturated carbocycles. The Bertz CT molecular complexity index is 195. The summed E-state index contributed by atoms with van der Waals surface area (Å²) < 4.78 is 0. The maximum Gasteiger partial charge on any atom is 0.00743 e. The molecular formula is C12H23N. The number of allylic oxidation sites excluding steroid dienone is 2. The molecule has 0 fully saturated rings. The Morgan fingerprint density at radius 1 is 1.54 bits per heavy atom. The zero-order chi connectivity index (χ0) is 10.0. The summed E-state index contributed by atoms with van der Waals surface area (Å²) in [5.41, 5.74) is 7.13. The van der Waals surface area contributed by atoms with Crippen LogP contribution in [-0.2, 0) is 0 Å². The number of nitrogens with two attached hydrogens (primary N) is 1. The molecule has 4 atom stereocenters. The van der Waals surface area contributed by atoms with Crippen molar-refractivity contribution in [1.82, 2.24) is 0 Å². The van der Waals surface area contributed by atoms with E-state index in [4.69, 9.17) is 5.73 Å². The van der Waals surface area contributed by atoms with Gasteiger partial charge in [-0.2, -0.15) is 0 Å². The Hall–Kier alpha value is -0.460. The fourth-order valence-corrected chi connectivity index (χ4v) is 2.13. The molecule has 76 valence electrons. The maximum atomic E-state index is 6.01. The smallest absolute Gasteiger partial charge is 0.00743 e. The lowest BCUT2D eigenvalue weighted by molar-refractivity contribution is 0.273. The van der Waals surface area contributed by atoms with Gasteiger partial charge in [0.05, 0.1) is 0 Å². The first kappa shape index (κ1) is 10.6. The third-order valence-electron chi connectivity index (χ3n) is 3.80. The summed E-state index contributed by atoms with van der Waals surface area (Å²) in [6, 6.07) is 0. The van der Waals surface area contributed by atoms with Gasteiger partial charge in [-0.1, -0.05) is 40.2 Å². The summed E-state index contributed by atoms with van der Waals surface area (Å²) in [7, 11) is 0. The molecule has 0 radical (unpaired) electrons. The minimum atomic E-state index is 0.584. The predicted molar refractivity (Wildman–Crippen MR) is 58.2 cm³/mol. The Labute approximate surface area is 82.4 Å². The Morgan fingerprint density at radius 2 is 2.15 bits per heavy atom. The molecule has 0 aliphatic heterocycles. The van der Waals surface area contributed by atoms with E-state index < -0.39 is 0 Å². The first-order chi connectivity index (χ1) is 6.06. The second-order valence-corrected chi connectivity index (χ2v) is 4.72. The molecule has 13 heavy (non-hydrogen) atoms. The van der Waals surface area contributed by atoms with Gasteiger partial charge in [0.2, 0.25) is 0 Å². The van der Waals surface area contributed by atoms with E-state index in [1.54, 1.807) is 0 Å². The highest BCUT2D eigenvalue weighted by Crippen LogP contribution is 2.35. The largest absolute Gasteiger partial charge is 0.402 e. The van der Waals surface area contributed by atoms with Crippen LogP contribution in [0, 0.1) is 23.7 Å². The molecule has 1 heteroatoms. The van der Waals surface area contributed by atoms with Crippen molar-refractivity contribution in [2.75, 3.05) is 0 Å². The van der Waals surface area contributed by atoms with E-state index in [1.807, 2.05) is 0 Å². The van der Waals surface area contributed by atoms with Crippen LogP contribution in [0.25, 0.3) is 0 Å². The van der Waals surface area contributed by atoms with Gasteiger partial charge in [-0.05, 0) is 30.1 Å². The molecule has 0 heterocycles. The summed E-state index contributed by atoms with van der Waals surface area (Å²) in [6.07, 6.45) is 4.88. The van der Waals surface area contributed by atoms with E-state index >= 15 is 0 Å². The van der Waals surface area contributed by atoms with Crippen molar-refractivity contribution in [2.45, 2.75) is 40.5 Å². The summed E-state index contributed by atoms with van der Waals surface area (Å²) >= 11 is 0. The highest BCUT2D eigenvalue weighted by molar-refractivity contribution is 5.09. The summed E-state index contributed by atoms with van der Waals surface area (Å²) in [6.45, 7) is 9.15. The quantitative estimate of drug-likeness (QED) is 0.695. The second-order valence-electron chi connectivity index (χ2n) is 4.72. The van der Waals surface area contributed by atoms with Gasteiger partial charge in [0.15, 0.2) is 0 Å². The van der Waals surface area contributed by atoms with E-state index in [0.29, 0.717) is 5.92 Å². The van der Waals surface area contributed by atoms with Gasteiger partial charge in [0.25, 0.3) is 0 Å². The summed E-state index contributed by atoms with van der Waals surface area (Å²) in [4.78, 5) is 0. The van der Waals surface area contributed by atoms with Crippen molar-refractivity contribution in [3.8, 4) is 0 Å². The topological polar surface area (TPSA) is 26.0 Å². The SMILES string of the molecule is CCC(C)C1C=C(N)C(C)C(C)C1. The first-order valence-electron chi connectivity index (χ1n) is 5.53. The van der Waals surface area contributed by atoms with Crippen molar-refractivity contribution in [1.29, 1.82) is 0 Å². The molecule has 0 spiro atoms. The van der Waals surface area contributed by atoms with Crippen molar-refractivity contribution in [3.63, 3.8) is 0 Å². The van der Waals surface area contributed by atoms with Gasteiger partial charge in [-0.3, -0.25) is 0 Å². The molecule has 1 aliphatic rings. The normalized spacial score (nSPS) is 36.9. The van der Waals surface area contributed by atoms with Crippen LogP contribution in [-0.4, -0.2) is 0 Å². The molecular weight excluding hydrogens is 158 g/mol. The van der Waals surface area contributed by atoms with Gasteiger partial charge in [-0.25, -0.2) is 0 Å². The Balaban J connectivity index is 2.71. The van der Waals surface area contributed by atoms with Gasteiger partial charge >= 0.3 is 0 Å². The van der Waals surface area contributed by atoms with Gasteiger partial charge in [0, 0.05) is 5.70 Å². The van der Waals surface area contributed by atoms with E-state index in [2.05, 4.69) is 33.8 Å². The molecule has 2 N–H and O–H groups in total.